The number of thioether (sulfide) groups is 1. The molecule has 0 aliphatic carbocycles. The Balaban J connectivity index is 1.69. The maximum Gasteiger partial charge on any atom is 0.0405 e. The van der Waals surface area contributed by atoms with E-state index in [0.29, 0.717) is 5.25 Å². The first-order valence-electron chi connectivity index (χ1n) is 7.91. The van der Waals surface area contributed by atoms with Crippen molar-refractivity contribution in [2.75, 3.05) is 11.9 Å². The summed E-state index contributed by atoms with van der Waals surface area (Å²) in [4.78, 5) is 1.46. The number of nitrogens with one attached hydrogen (secondary N) is 1. The summed E-state index contributed by atoms with van der Waals surface area (Å²) in [5, 5.41) is 4.39. The van der Waals surface area contributed by atoms with E-state index in [1.165, 1.54) is 33.7 Å². The molecule has 1 N–H and O–H groups in total. The van der Waals surface area contributed by atoms with Crippen molar-refractivity contribution in [3.63, 3.8) is 0 Å². The molecule has 1 nitrogen and oxygen atoms in total. The van der Waals surface area contributed by atoms with Gasteiger partial charge in [-0.15, -0.1) is 11.8 Å². The average Bonchev–Trinajstić information content (AvgIpc) is 2.95. The minimum atomic E-state index is 0.650. The molecule has 0 amide bonds. The van der Waals surface area contributed by atoms with E-state index < -0.39 is 0 Å². The van der Waals surface area contributed by atoms with Crippen LogP contribution in [0.5, 0.6) is 0 Å². The predicted octanol–water partition coefficient (Wildman–Crippen LogP) is 4.94. The highest BCUT2D eigenvalue weighted by molar-refractivity contribution is 8.00. The number of benzene rings is 2. The Morgan fingerprint density at radius 1 is 1.00 bits per heavy atom. The van der Waals surface area contributed by atoms with Crippen molar-refractivity contribution >= 4 is 17.4 Å². The van der Waals surface area contributed by atoms with Gasteiger partial charge in [0.05, 0.1) is 0 Å². The zero-order valence-corrected chi connectivity index (χ0v) is 13.7. The topological polar surface area (TPSA) is 12.0 Å². The lowest BCUT2D eigenvalue weighted by atomic mass is 10.0. The van der Waals surface area contributed by atoms with Crippen LogP contribution in [0, 0.1) is 0 Å². The van der Waals surface area contributed by atoms with Gasteiger partial charge in [0.2, 0.25) is 0 Å². The van der Waals surface area contributed by atoms with Gasteiger partial charge >= 0.3 is 0 Å². The monoisotopic (exact) mass is 297 g/mol. The van der Waals surface area contributed by atoms with E-state index in [1.807, 2.05) is 11.8 Å². The molecule has 110 valence electrons. The average molecular weight is 297 g/mol. The Kier molecular flexibility index (Phi) is 4.54. The normalized spacial score (nSPS) is 16.8. The van der Waals surface area contributed by atoms with Crippen molar-refractivity contribution in [2.24, 2.45) is 0 Å². The van der Waals surface area contributed by atoms with E-state index in [1.54, 1.807) is 0 Å². The molecule has 2 aromatic carbocycles. The van der Waals surface area contributed by atoms with Crippen LogP contribution in [0.2, 0.25) is 0 Å². The zero-order chi connectivity index (χ0) is 14.7. The van der Waals surface area contributed by atoms with E-state index in [2.05, 4.69) is 61.6 Å². The molecule has 1 aliphatic heterocycles. The largest absolute Gasteiger partial charge is 0.383 e. The van der Waals surface area contributed by atoms with E-state index in [9.17, 15) is 0 Å². The van der Waals surface area contributed by atoms with Gasteiger partial charge in [0.1, 0.15) is 0 Å². The van der Waals surface area contributed by atoms with E-state index in [-0.39, 0.29) is 0 Å². The van der Waals surface area contributed by atoms with Gasteiger partial charge in [-0.2, -0.15) is 0 Å². The fourth-order valence-electron chi connectivity index (χ4n) is 3.05. The molecule has 1 unspecified atom stereocenters. The lowest BCUT2D eigenvalue weighted by Crippen LogP contribution is -2.17. The van der Waals surface area contributed by atoms with Gasteiger partial charge in [0, 0.05) is 22.4 Å². The Hall–Kier alpha value is -1.41. The predicted molar refractivity (Wildman–Crippen MR) is 93.5 cm³/mol. The summed E-state index contributed by atoms with van der Waals surface area (Å²) in [6.45, 7) is 5.52. The number of fused-ring (bicyclic) bond motifs is 1. The zero-order valence-electron chi connectivity index (χ0n) is 12.9. The summed E-state index contributed by atoms with van der Waals surface area (Å²) in [6, 6.07) is 15.5. The Bertz CT molecular complexity index is 573. The highest BCUT2D eigenvalue weighted by Crippen LogP contribution is 2.37. The Morgan fingerprint density at radius 2 is 1.71 bits per heavy atom. The maximum absolute atomic E-state index is 3.74. The van der Waals surface area contributed by atoms with E-state index in [0.717, 1.165) is 19.4 Å². The summed E-state index contributed by atoms with van der Waals surface area (Å²) in [6.07, 6.45) is 3.37. The van der Waals surface area contributed by atoms with Gasteiger partial charge in [0.25, 0.3) is 0 Å². The van der Waals surface area contributed by atoms with Gasteiger partial charge < -0.3 is 5.32 Å². The third-order valence-electron chi connectivity index (χ3n) is 4.22. The van der Waals surface area contributed by atoms with Crippen molar-refractivity contribution in [2.45, 2.75) is 43.3 Å². The number of aryl methyl sites for hydroxylation is 2. The minimum absolute atomic E-state index is 0.650. The third-order valence-corrected chi connectivity index (χ3v) is 5.54. The summed E-state index contributed by atoms with van der Waals surface area (Å²) in [5.74, 6) is 0. The molecular weight excluding hydrogens is 274 g/mol. The van der Waals surface area contributed by atoms with E-state index >= 15 is 0 Å². The lowest BCUT2D eigenvalue weighted by Gasteiger charge is -2.17. The summed E-state index contributed by atoms with van der Waals surface area (Å²) in [7, 11) is 0. The van der Waals surface area contributed by atoms with Crippen molar-refractivity contribution in [3.8, 4) is 0 Å². The van der Waals surface area contributed by atoms with Crippen molar-refractivity contribution in [3.05, 3.63) is 59.2 Å². The number of para-hydroxylation sites is 1. The lowest BCUT2D eigenvalue weighted by molar-refractivity contribution is 0.893. The molecule has 3 rings (SSSR count). The number of rotatable bonds is 5. The number of hydrogen-bond donors (Lipinski definition) is 1. The Morgan fingerprint density at radius 3 is 2.38 bits per heavy atom. The summed E-state index contributed by atoms with van der Waals surface area (Å²) in [5.41, 5.74) is 5.76. The van der Waals surface area contributed by atoms with Gasteiger partial charge in [0.15, 0.2) is 0 Å². The summed E-state index contributed by atoms with van der Waals surface area (Å²) < 4.78 is 0. The molecule has 0 bridgehead atoms. The molecule has 0 radical (unpaired) electrons. The quantitative estimate of drug-likeness (QED) is 0.839. The van der Waals surface area contributed by atoms with Gasteiger partial charge in [-0.1, -0.05) is 50.2 Å². The van der Waals surface area contributed by atoms with Gasteiger partial charge in [-0.25, -0.2) is 0 Å². The van der Waals surface area contributed by atoms with Crippen LogP contribution in [-0.4, -0.2) is 11.8 Å². The minimum Gasteiger partial charge on any atom is -0.383 e. The molecule has 0 aromatic heterocycles. The molecule has 0 saturated heterocycles. The van der Waals surface area contributed by atoms with Crippen LogP contribution < -0.4 is 5.32 Å². The molecule has 21 heavy (non-hydrogen) atoms. The highest BCUT2D eigenvalue weighted by Gasteiger charge is 2.21. The maximum atomic E-state index is 3.74. The first-order chi connectivity index (χ1) is 10.3. The smallest absolute Gasteiger partial charge is 0.0405 e. The van der Waals surface area contributed by atoms with Crippen LogP contribution in [0.4, 0.5) is 5.69 Å². The molecule has 1 heterocycles. The van der Waals surface area contributed by atoms with Crippen LogP contribution in [0.1, 0.15) is 30.5 Å². The molecule has 1 aliphatic rings. The molecule has 0 saturated carbocycles. The Labute approximate surface area is 132 Å². The van der Waals surface area contributed by atoms with E-state index in [4.69, 9.17) is 0 Å². The van der Waals surface area contributed by atoms with Crippen LogP contribution in [0.3, 0.4) is 0 Å². The molecule has 1 atom stereocenters. The van der Waals surface area contributed by atoms with Crippen molar-refractivity contribution < 1.29 is 0 Å². The molecule has 0 spiro atoms. The molecule has 2 heteroatoms. The summed E-state index contributed by atoms with van der Waals surface area (Å²) >= 11 is 2.02. The second kappa shape index (κ2) is 6.57. The number of anilines is 1. The first-order valence-corrected chi connectivity index (χ1v) is 8.79. The SMILES string of the molecule is CCc1cccc(CC)c1NCC1Cc2ccccc2S1. The van der Waals surface area contributed by atoms with Crippen molar-refractivity contribution in [1.29, 1.82) is 0 Å². The third kappa shape index (κ3) is 3.11. The second-order valence-electron chi connectivity index (χ2n) is 5.59. The van der Waals surface area contributed by atoms with Crippen molar-refractivity contribution in [1.82, 2.24) is 0 Å². The first kappa shape index (κ1) is 14.5. The molecule has 2 aromatic rings. The van der Waals surface area contributed by atoms with Gasteiger partial charge in [-0.05, 0) is 42.0 Å². The van der Waals surface area contributed by atoms with Crippen LogP contribution in [0.25, 0.3) is 0 Å². The number of hydrogen-bond acceptors (Lipinski definition) is 2. The highest BCUT2D eigenvalue weighted by atomic mass is 32.2. The van der Waals surface area contributed by atoms with Crippen LogP contribution >= 0.6 is 11.8 Å². The molecular formula is C19H23NS. The standard InChI is InChI=1S/C19H23NS/c1-3-14-9-7-10-15(4-2)19(14)20-13-17-12-16-8-5-6-11-18(16)21-17/h5-11,17,20H,3-4,12-13H2,1-2H3. The van der Waals surface area contributed by atoms with Gasteiger partial charge in [-0.3, -0.25) is 0 Å². The fourth-order valence-corrected chi connectivity index (χ4v) is 4.30. The molecule has 0 fully saturated rings. The van der Waals surface area contributed by atoms with Crippen LogP contribution in [-0.2, 0) is 19.3 Å². The fraction of sp³-hybridized carbons (Fsp3) is 0.368. The second-order valence-corrected chi connectivity index (χ2v) is 6.93. The van der Waals surface area contributed by atoms with Crippen LogP contribution in [0.15, 0.2) is 47.4 Å².